The van der Waals surface area contributed by atoms with Gasteiger partial charge in [-0.15, -0.1) is 0 Å². The second-order valence-electron chi connectivity index (χ2n) is 14.8. The summed E-state index contributed by atoms with van der Waals surface area (Å²) in [5.74, 6) is 0.665. The molecule has 8 nitrogen and oxygen atoms in total. The summed E-state index contributed by atoms with van der Waals surface area (Å²) in [6.07, 6.45) is 0.435. The molecule has 11 heteroatoms. The largest absolute Gasteiger partial charge is 0.489 e. The summed E-state index contributed by atoms with van der Waals surface area (Å²) in [7, 11) is 0. The van der Waals surface area contributed by atoms with Gasteiger partial charge in [-0.05, 0) is 125 Å². The van der Waals surface area contributed by atoms with Gasteiger partial charge >= 0.3 is 0 Å². The summed E-state index contributed by atoms with van der Waals surface area (Å²) in [4.78, 5) is 29.7. The average molecular weight is 827 g/mol. The van der Waals surface area contributed by atoms with E-state index < -0.39 is 18.0 Å². The van der Waals surface area contributed by atoms with Crippen LogP contribution in [0.5, 0.6) is 17.2 Å². The Morgan fingerprint density at radius 3 is 2.22 bits per heavy atom. The van der Waals surface area contributed by atoms with Gasteiger partial charge in [0.15, 0.2) is 17.6 Å². The minimum absolute atomic E-state index is 0.140. The van der Waals surface area contributed by atoms with Gasteiger partial charge in [0.2, 0.25) is 5.91 Å². The zero-order valence-corrected chi connectivity index (χ0v) is 33.5. The van der Waals surface area contributed by atoms with Crippen LogP contribution in [0, 0.1) is 17.1 Å². The van der Waals surface area contributed by atoms with Crippen molar-refractivity contribution in [1.82, 2.24) is 10.2 Å². The van der Waals surface area contributed by atoms with Gasteiger partial charge in [0.05, 0.1) is 21.7 Å². The van der Waals surface area contributed by atoms with Crippen molar-refractivity contribution in [2.45, 2.75) is 51.1 Å². The number of nitriles is 1. The lowest BCUT2D eigenvalue weighted by Gasteiger charge is -2.38. The number of hydrogen-bond acceptors (Lipinski definition) is 6. The van der Waals surface area contributed by atoms with Crippen LogP contribution in [0.1, 0.15) is 56.8 Å². The summed E-state index contributed by atoms with van der Waals surface area (Å²) in [5, 5.41) is 13.2. The molecule has 296 valence electrons. The number of fused-ring (bicyclic) bond motifs is 2. The predicted molar refractivity (Wildman–Crippen MR) is 224 cm³/mol. The zero-order chi connectivity index (χ0) is 41.0. The predicted octanol–water partition coefficient (Wildman–Crippen LogP) is 10.1. The SMILES string of the molecule is C[C@H](Cc1ccc(-c2ccc(C#N)cc2)cc1)NC(=O)[C@@H]1Cc2cc3c(cc2CN1C(=O)c1ccc(F)cc1)OC(c1ccc(OCc2ccc(Cl)c(Cl)c2)cc1)CO3. The number of halogens is 3. The van der Waals surface area contributed by atoms with E-state index in [-0.39, 0.29) is 43.0 Å². The Hall–Kier alpha value is -6.34. The van der Waals surface area contributed by atoms with Crippen molar-refractivity contribution in [1.29, 1.82) is 5.26 Å². The lowest BCUT2D eigenvalue weighted by atomic mass is 9.91. The number of benzene rings is 6. The van der Waals surface area contributed by atoms with Crippen LogP contribution in [-0.4, -0.2) is 35.4 Å². The van der Waals surface area contributed by atoms with Gasteiger partial charge in [-0.2, -0.15) is 5.26 Å². The number of carbonyl (C=O) groups is 2. The molecule has 3 atom stereocenters. The summed E-state index contributed by atoms with van der Waals surface area (Å²) in [6, 6.07) is 38.7. The first kappa shape index (κ1) is 39.5. The highest BCUT2D eigenvalue weighted by Crippen LogP contribution is 2.41. The normalized spacial score (nSPS) is 16.0. The molecule has 0 aromatic heterocycles. The summed E-state index contributed by atoms with van der Waals surface area (Å²) >= 11 is 12.2. The summed E-state index contributed by atoms with van der Waals surface area (Å²) in [6.45, 7) is 2.68. The van der Waals surface area contributed by atoms with Crippen LogP contribution in [-0.2, 0) is 30.8 Å². The van der Waals surface area contributed by atoms with E-state index >= 15 is 0 Å². The fourth-order valence-electron chi connectivity index (χ4n) is 7.41. The van der Waals surface area contributed by atoms with Crippen molar-refractivity contribution >= 4 is 35.0 Å². The lowest BCUT2D eigenvalue weighted by molar-refractivity contribution is -0.126. The Balaban J connectivity index is 0.957. The molecule has 1 unspecified atom stereocenters. The monoisotopic (exact) mass is 825 g/mol. The van der Waals surface area contributed by atoms with E-state index in [9.17, 15) is 14.0 Å². The number of hydrogen-bond donors (Lipinski definition) is 1. The number of amides is 2. The Morgan fingerprint density at radius 1 is 0.847 bits per heavy atom. The minimum atomic E-state index is -0.825. The first-order valence-electron chi connectivity index (χ1n) is 19.2. The molecule has 2 aliphatic heterocycles. The molecular weight excluding hydrogens is 788 g/mol. The molecular formula is C48H38Cl2FN3O5. The third-order valence-corrected chi connectivity index (χ3v) is 11.3. The van der Waals surface area contributed by atoms with Crippen LogP contribution in [0.15, 0.2) is 127 Å². The van der Waals surface area contributed by atoms with Crippen LogP contribution in [0.4, 0.5) is 4.39 Å². The Labute approximate surface area is 351 Å². The minimum Gasteiger partial charge on any atom is -0.489 e. The molecule has 0 aliphatic carbocycles. The molecule has 8 rings (SSSR count). The molecule has 1 N–H and O–H groups in total. The van der Waals surface area contributed by atoms with E-state index in [1.165, 1.54) is 24.3 Å². The van der Waals surface area contributed by atoms with Crippen molar-refractivity contribution in [2.75, 3.05) is 6.61 Å². The Kier molecular flexibility index (Phi) is 11.5. The molecule has 6 aromatic carbocycles. The van der Waals surface area contributed by atoms with E-state index in [4.69, 9.17) is 42.7 Å². The van der Waals surface area contributed by atoms with Gasteiger partial charge in [-0.1, -0.05) is 77.8 Å². The number of ether oxygens (including phenoxy) is 3. The number of carbonyl (C=O) groups excluding carboxylic acids is 2. The van der Waals surface area contributed by atoms with Gasteiger partial charge in [0.1, 0.15) is 30.8 Å². The number of nitrogens with zero attached hydrogens (tertiary/aromatic N) is 2. The van der Waals surface area contributed by atoms with Crippen LogP contribution < -0.4 is 19.5 Å². The molecule has 2 heterocycles. The van der Waals surface area contributed by atoms with Gasteiger partial charge in [-0.3, -0.25) is 9.59 Å². The molecule has 0 radical (unpaired) electrons. The first-order chi connectivity index (χ1) is 28.6. The molecule has 0 spiro atoms. The highest BCUT2D eigenvalue weighted by Gasteiger charge is 2.37. The molecule has 0 saturated carbocycles. The lowest BCUT2D eigenvalue weighted by Crippen LogP contribution is -2.54. The fraction of sp³-hybridized carbons (Fsp3) is 0.188. The van der Waals surface area contributed by atoms with Crippen LogP contribution in [0.2, 0.25) is 10.0 Å². The maximum Gasteiger partial charge on any atom is 0.254 e. The maximum absolute atomic E-state index is 14.1. The quantitative estimate of drug-likeness (QED) is 0.148. The summed E-state index contributed by atoms with van der Waals surface area (Å²) in [5.41, 5.74) is 7.46. The van der Waals surface area contributed by atoms with Gasteiger partial charge in [0.25, 0.3) is 5.91 Å². The molecule has 2 amide bonds. The first-order valence-corrected chi connectivity index (χ1v) is 19.9. The molecule has 0 saturated heterocycles. The number of rotatable bonds is 10. The molecule has 59 heavy (non-hydrogen) atoms. The third-order valence-electron chi connectivity index (χ3n) is 10.6. The van der Waals surface area contributed by atoms with Crippen molar-refractivity contribution in [3.8, 4) is 34.4 Å². The Morgan fingerprint density at radius 2 is 1.53 bits per heavy atom. The zero-order valence-electron chi connectivity index (χ0n) is 32.0. The van der Waals surface area contributed by atoms with Gasteiger partial charge in [-0.25, -0.2) is 4.39 Å². The third kappa shape index (κ3) is 9.05. The maximum atomic E-state index is 14.1. The van der Waals surface area contributed by atoms with Gasteiger partial charge < -0.3 is 24.4 Å². The van der Waals surface area contributed by atoms with Crippen molar-refractivity contribution in [3.63, 3.8) is 0 Å². The molecule has 6 aromatic rings. The van der Waals surface area contributed by atoms with Crippen LogP contribution in [0.25, 0.3) is 11.1 Å². The molecule has 0 fully saturated rings. The standard InChI is InChI=1S/C48H38Cl2FN3O5/c1-29(20-30-2-7-33(8-3-30)34-9-4-31(25-52)5-10-34)53-47(55)43-22-37-23-44-45(24-38(37)26-54(43)48(56)36-11-15-39(51)16-12-36)59-46(28-58-44)35-13-17-40(18-14-35)57-27-32-6-19-41(49)42(50)21-32/h2-19,21,23-24,29,43,46H,20,22,26-28H2,1H3,(H,53,55)/t29-,43+,46?/m1/s1. The van der Waals surface area contributed by atoms with E-state index in [0.717, 1.165) is 38.9 Å². The molecule has 0 bridgehead atoms. The molecule has 2 aliphatic rings. The van der Waals surface area contributed by atoms with Crippen molar-refractivity contribution in [3.05, 3.63) is 182 Å². The van der Waals surface area contributed by atoms with Crippen LogP contribution >= 0.6 is 23.2 Å². The fourth-order valence-corrected chi connectivity index (χ4v) is 7.73. The summed E-state index contributed by atoms with van der Waals surface area (Å²) < 4.78 is 32.5. The smallest absolute Gasteiger partial charge is 0.254 e. The van der Waals surface area contributed by atoms with Gasteiger partial charge in [0, 0.05) is 24.6 Å². The second kappa shape index (κ2) is 17.3. The van der Waals surface area contributed by atoms with E-state index in [2.05, 4.69) is 11.4 Å². The highest BCUT2D eigenvalue weighted by atomic mass is 35.5. The average Bonchev–Trinajstić information content (AvgIpc) is 3.26. The van der Waals surface area contributed by atoms with Crippen molar-refractivity contribution < 1.29 is 28.2 Å². The Bertz CT molecular complexity index is 2540. The van der Waals surface area contributed by atoms with Crippen molar-refractivity contribution in [2.24, 2.45) is 0 Å². The highest BCUT2D eigenvalue weighted by molar-refractivity contribution is 6.42. The topological polar surface area (TPSA) is 101 Å². The van der Waals surface area contributed by atoms with E-state index in [1.54, 1.807) is 29.2 Å². The van der Waals surface area contributed by atoms with E-state index in [1.807, 2.05) is 85.8 Å². The number of nitrogens with one attached hydrogen (secondary N) is 1. The van der Waals surface area contributed by atoms with Crippen LogP contribution in [0.3, 0.4) is 0 Å². The second-order valence-corrected chi connectivity index (χ2v) is 15.6. The van der Waals surface area contributed by atoms with E-state index in [0.29, 0.717) is 45.9 Å².